The lowest BCUT2D eigenvalue weighted by molar-refractivity contribution is -0.151. The lowest BCUT2D eigenvalue weighted by Crippen LogP contribution is -2.46. The van der Waals surface area contributed by atoms with Crippen LogP contribution in [0.5, 0.6) is 0 Å². The molecular weight excluding hydrogens is 803 g/mol. The van der Waals surface area contributed by atoms with Crippen molar-refractivity contribution in [2.45, 2.75) is 296 Å². The first-order valence-corrected chi connectivity index (χ1v) is 28.1. The highest BCUT2D eigenvalue weighted by Crippen LogP contribution is 2.18. The summed E-state index contributed by atoms with van der Waals surface area (Å²) in [5.74, 6) is -0.522. The van der Waals surface area contributed by atoms with Gasteiger partial charge in [0.25, 0.3) is 0 Å². The maximum Gasteiger partial charge on any atom is 0.306 e. The van der Waals surface area contributed by atoms with Crippen LogP contribution in [0.4, 0.5) is 0 Å². The zero-order chi connectivity index (χ0) is 47.4. The molecule has 3 unspecified atom stereocenters. The van der Waals surface area contributed by atoms with E-state index in [1.165, 1.54) is 141 Å². The average molecular weight is 911 g/mol. The van der Waals surface area contributed by atoms with Crippen molar-refractivity contribution in [3.63, 3.8) is 0 Å². The van der Waals surface area contributed by atoms with Gasteiger partial charge in [-0.1, -0.05) is 255 Å². The molecule has 3 N–H and O–H groups in total. The van der Waals surface area contributed by atoms with E-state index in [2.05, 4.69) is 74.7 Å². The molecule has 0 aromatic carbocycles. The number of carbonyl (C=O) groups is 2. The summed E-state index contributed by atoms with van der Waals surface area (Å²) in [7, 11) is 0. The van der Waals surface area contributed by atoms with Gasteiger partial charge < -0.3 is 20.3 Å². The van der Waals surface area contributed by atoms with E-state index in [9.17, 15) is 19.8 Å². The fourth-order valence-corrected chi connectivity index (χ4v) is 8.42. The molecule has 6 nitrogen and oxygen atoms in total. The van der Waals surface area contributed by atoms with Gasteiger partial charge in [0.2, 0.25) is 5.91 Å². The molecule has 0 aromatic heterocycles. The second kappa shape index (κ2) is 52.5. The highest BCUT2D eigenvalue weighted by atomic mass is 16.5. The molecule has 0 rings (SSSR count). The number of ether oxygens (including phenoxy) is 1. The molecule has 0 heterocycles. The lowest BCUT2D eigenvalue weighted by atomic mass is 10.0. The molecule has 0 radical (unpaired) electrons. The summed E-state index contributed by atoms with van der Waals surface area (Å²) >= 11 is 0. The van der Waals surface area contributed by atoms with Gasteiger partial charge in [-0.25, -0.2) is 0 Å². The predicted octanol–water partition coefficient (Wildman–Crippen LogP) is 17.2. The SMILES string of the molecule is CC/C=C/C=C/C=C\CCCCCC(CC(=O)NC(CO)C(O)CCCCCCCCCCCCCCCCCCC)OC(=O)CCCCCCC/C=C/C=C/CCCCCCCCC. The van der Waals surface area contributed by atoms with E-state index in [0.717, 1.165) is 89.9 Å². The van der Waals surface area contributed by atoms with Gasteiger partial charge in [-0.05, 0) is 70.6 Å². The minimum atomic E-state index is -0.802. The number of aliphatic hydroxyl groups is 2. The molecule has 0 aliphatic rings. The Bertz CT molecular complexity index is 1160. The topological polar surface area (TPSA) is 95.9 Å². The van der Waals surface area contributed by atoms with E-state index in [0.29, 0.717) is 19.3 Å². The zero-order valence-electron chi connectivity index (χ0n) is 43.1. The molecule has 378 valence electrons. The van der Waals surface area contributed by atoms with Crippen LogP contribution < -0.4 is 5.32 Å². The van der Waals surface area contributed by atoms with Crippen LogP contribution >= 0.6 is 0 Å². The van der Waals surface area contributed by atoms with E-state index >= 15 is 0 Å². The fourth-order valence-electron chi connectivity index (χ4n) is 8.42. The molecule has 0 fully saturated rings. The first-order chi connectivity index (χ1) is 32.0. The smallest absolute Gasteiger partial charge is 0.306 e. The second-order valence-electron chi connectivity index (χ2n) is 19.0. The van der Waals surface area contributed by atoms with Gasteiger partial charge in [0.05, 0.1) is 25.2 Å². The van der Waals surface area contributed by atoms with Gasteiger partial charge in [0.15, 0.2) is 0 Å². The van der Waals surface area contributed by atoms with Crippen molar-refractivity contribution in [1.82, 2.24) is 5.32 Å². The Morgan fingerprint density at radius 3 is 1.28 bits per heavy atom. The standard InChI is InChI=1S/C59H107NO5/c1-4-7-10-13-16-19-22-24-26-28-30-32-34-37-40-43-46-49-52-59(64)65-55(50-47-44-41-38-35-21-18-15-12-9-6-3)53-58(63)60-56(54-61)57(62)51-48-45-42-39-36-33-31-29-27-25-23-20-17-14-11-8-5-2/h9,12,15,18,21,26,28,30,32,35,55-57,61-62H,4-8,10-11,13-14,16-17,19-20,22-25,27,29,31,33-34,36-54H2,1-3H3,(H,60,63)/b12-9+,18-15+,28-26+,32-30+,35-21-. The molecule has 0 bridgehead atoms. The summed E-state index contributed by atoms with van der Waals surface area (Å²) in [6, 6.07) is -0.718. The number of hydrogen-bond donors (Lipinski definition) is 3. The van der Waals surface area contributed by atoms with Gasteiger partial charge in [0.1, 0.15) is 6.10 Å². The van der Waals surface area contributed by atoms with Crippen molar-refractivity contribution in [2.75, 3.05) is 6.61 Å². The molecule has 0 saturated heterocycles. The molecule has 0 aliphatic heterocycles. The summed E-state index contributed by atoms with van der Waals surface area (Å²) in [6.07, 6.45) is 65.8. The monoisotopic (exact) mass is 910 g/mol. The quantitative estimate of drug-likeness (QED) is 0.0321. The van der Waals surface area contributed by atoms with Crippen LogP contribution in [0.2, 0.25) is 0 Å². The molecule has 0 aliphatic carbocycles. The van der Waals surface area contributed by atoms with Crippen molar-refractivity contribution in [1.29, 1.82) is 0 Å². The number of aliphatic hydroxyl groups excluding tert-OH is 2. The summed E-state index contributed by atoms with van der Waals surface area (Å²) in [5.41, 5.74) is 0. The third-order valence-corrected chi connectivity index (χ3v) is 12.7. The lowest BCUT2D eigenvalue weighted by Gasteiger charge is -2.24. The van der Waals surface area contributed by atoms with Crippen LogP contribution in [0.25, 0.3) is 0 Å². The molecule has 6 heteroatoms. The van der Waals surface area contributed by atoms with Gasteiger partial charge in [-0.15, -0.1) is 0 Å². The first-order valence-electron chi connectivity index (χ1n) is 28.1. The van der Waals surface area contributed by atoms with E-state index in [4.69, 9.17) is 4.74 Å². The van der Waals surface area contributed by atoms with Gasteiger partial charge in [-0.3, -0.25) is 9.59 Å². The Labute approximate surface area is 403 Å². The largest absolute Gasteiger partial charge is 0.462 e. The Kier molecular flexibility index (Phi) is 50.6. The summed E-state index contributed by atoms with van der Waals surface area (Å²) in [6.45, 7) is 6.35. The number of hydrogen-bond acceptors (Lipinski definition) is 5. The maximum atomic E-state index is 13.2. The number of nitrogens with one attached hydrogen (secondary N) is 1. The average Bonchev–Trinajstić information content (AvgIpc) is 3.30. The first kappa shape index (κ1) is 62.6. The molecule has 0 spiro atoms. The van der Waals surface area contributed by atoms with Crippen LogP contribution in [-0.2, 0) is 14.3 Å². The molecule has 1 amide bonds. The predicted molar refractivity (Wildman–Crippen MR) is 282 cm³/mol. The van der Waals surface area contributed by atoms with E-state index in [1.807, 2.05) is 12.2 Å². The van der Waals surface area contributed by atoms with Gasteiger partial charge >= 0.3 is 5.97 Å². The van der Waals surface area contributed by atoms with Crippen LogP contribution in [0.1, 0.15) is 278 Å². The van der Waals surface area contributed by atoms with Crippen molar-refractivity contribution in [3.8, 4) is 0 Å². The van der Waals surface area contributed by atoms with Crippen LogP contribution in [-0.4, -0.2) is 46.9 Å². The number of rotatable bonds is 50. The van der Waals surface area contributed by atoms with Crippen molar-refractivity contribution >= 4 is 11.9 Å². The third kappa shape index (κ3) is 47.8. The van der Waals surface area contributed by atoms with Crippen LogP contribution in [0.15, 0.2) is 60.8 Å². The fraction of sp³-hybridized carbons (Fsp3) is 0.797. The minimum Gasteiger partial charge on any atom is -0.462 e. The number of amides is 1. The van der Waals surface area contributed by atoms with Crippen molar-refractivity contribution in [3.05, 3.63) is 60.8 Å². The second-order valence-corrected chi connectivity index (χ2v) is 19.0. The highest BCUT2D eigenvalue weighted by molar-refractivity contribution is 5.77. The van der Waals surface area contributed by atoms with E-state index < -0.39 is 18.2 Å². The van der Waals surface area contributed by atoms with E-state index in [-0.39, 0.29) is 24.9 Å². The number of allylic oxidation sites excluding steroid dienone is 10. The Balaban J connectivity index is 4.51. The normalized spacial score (nSPS) is 13.6. The minimum absolute atomic E-state index is 0.0475. The summed E-state index contributed by atoms with van der Waals surface area (Å²) < 4.78 is 5.92. The van der Waals surface area contributed by atoms with Crippen LogP contribution in [0, 0.1) is 0 Å². The van der Waals surface area contributed by atoms with Crippen molar-refractivity contribution in [2.24, 2.45) is 0 Å². The Morgan fingerprint density at radius 1 is 0.462 bits per heavy atom. The summed E-state index contributed by atoms with van der Waals surface area (Å²) in [5, 5.41) is 23.8. The molecule has 3 atom stereocenters. The van der Waals surface area contributed by atoms with Crippen molar-refractivity contribution < 1.29 is 24.5 Å². The van der Waals surface area contributed by atoms with Crippen LogP contribution in [0.3, 0.4) is 0 Å². The number of unbranched alkanes of at least 4 members (excludes halogenated alkanes) is 31. The highest BCUT2D eigenvalue weighted by Gasteiger charge is 2.24. The Morgan fingerprint density at radius 2 is 0.831 bits per heavy atom. The molecule has 65 heavy (non-hydrogen) atoms. The zero-order valence-corrected chi connectivity index (χ0v) is 43.1. The number of esters is 1. The molecule has 0 aromatic rings. The van der Waals surface area contributed by atoms with E-state index in [1.54, 1.807) is 0 Å². The van der Waals surface area contributed by atoms with Gasteiger partial charge in [-0.2, -0.15) is 0 Å². The summed E-state index contributed by atoms with van der Waals surface area (Å²) in [4.78, 5) is 26.2. The molecular formula is C59H107NO5. The van der Waals surface area contributed by atoms with Gasteiger partial charge in [0, 0.05) is 6.42 Å². The third-order valence-electron chi connectivity index (χ3n) is 12.7. The Hall–Kier alpha value is -2.44. The molecule has 0 saturated carbocycles. The number of carbonyl (C=O) groups excluding carboxylic acids is 2. The maximum absolute atomic E-state index is 13.2.